The number of hydrogen-bond acceptors (Lipinski definition) is 6. The molecule has 2 aromatic heterocycles. The Hall–Kier alpha value is -2.25. The fourth-order valence-corrected chi connectivity index (χ4v) is 2.63. The molecule has 2 N–H and O–H groups in total. The second-order valence-electron chi connectivity index (χ2n) is 4.53. The fraction of sp³-hybridized carbons (Fsp3) is 0.143. The topological polar surface area (TPSA) is 82.5 Å². The molecule has 0 unspecified atom stereocenters. The highest BCUT2D eigenvalue weighted by atomic mass is 32.2. The number of nitrogens with zero attached hydrogens (tertiary/aromatic N) is 5. The van der Waals surface area contributed by atoms with E-state index in [4.69, 9.17) is 5.73 Å². The van der Waals surface area contributed by atoms with E-state index >= 15 is 0 Å². The van der Waals surface area contributed by atoms with Gasteiger partial charge in [-0.2, -0.15) is 4.68 Å². The average molecular weight is 298 g/mol. The first-order chi connectivity index (χ1) is 10.2. The number of aromatic nitrogens is 5. The van der Waals surface area contributed by atoms with Crippen molar-refractivity contribution in [1.82, 2.24) is 25.2 Å². The van der Waals surface area contributed by atoms with Crippen LogP contribution in [0.3, 0.4) is 0 Å². The first kappa shape index (κ1) is 13.7. The van der Waals surface area contributed by atoms with Crippen LogP contribution in [-0.2, 0) is 0 Å². The molecule has 106 valence electrons. The van der Waals surface area contributed by atoms with Crippen LogP contribution in [0.25, 0.3) is 5.69 Å². The summed E-state index contributed by atoms with van der Waals surface area (Å²) in [6.07, 6.45) is 1.75. The summed E-state index contributed by atoms with van der Waals surface area (Å²) in [7, 11) is 0. The van der Waals surface area contributed by atoms with Crippen molar-refractivity contribution in [3.63, 3.8) is 0 Å². The van der Waals surface area contributed by atoms with E-state index in [0.29, 0.717) is 5.16 Å². The summed E-state index contributed by atoms with van der Waals surface area (Å²) >= 11 is 1.41. The Morgan fingerprint density at radius 3 is 2.76 bits per heavy atom. The van der Waals surface area contributed by atoms with Crippen molar-refractivity contribution in [3.05, 3.63) is 54.2 Å². The molecule has 21 heavy (non-hydrogen) atoms. The average Bonchev–Trinajstić information content (AvgIpc) is 2.96. The lowest BCUT2D eigenvalue weighted by molar-refractivity contribution is 0.755. The Morgan fingerprint density at radius 2 is 2.00 bits per heavy atom. The van der Waals surface area contributed by atoms with Crippen molar-refractivity contribution in [3.8, 4) is 5.69 Å². The monoisotopic (exact) mass is 298 g/mol. The molecule has 0 aliphatic heterocycles. The Balaban J connectivity index is 1.90. The van der Waals surface area contributed by atoms with E-state index in [-0.39, 0.29) is 6.04 Å². The Bertz CT molecular complexity index is 725. The van der Waals surface area contributed by atoms with E-state index in [1.54, 1.807) is 10.9 Å². The predicted octanol–water partition coefficient (Wildman–Crippen LogP) is 2.23. The third-order valence-electron chi connectivity index (χ3n) is 2.92. The molecule has 3 rings (SSSR count). The van der Waals surface area contributed by atoms with Gasteiger partial charge in [0.15, 0.2) is 0 Å². The Labute approximate surface area is 126 Å². The van der Waals surface area contributed by atoms with Gasteiger partial charge in [0.05, 0.1) is 5.69 Å². The van der Waals surface area contributed by atoms with Gasteiger partial charge in [-0.25, -0.2) is 4.98 Å². The first-order valence-electron chi connectivity index (χ1n) is 6.47. The number of nitrogens with two attached hydrogens (primary N) is 1. The molecule has 0 spiro atoms. The van der Waals surface area contributed by atoms with E-state index in [9.17, 15) is 0 Å². The summed E-state index contributed by atoms with van der Waals surface area (Å²) in [5.41, 5.74) is 7.84. The molecule has 0 saturated heterocycles. The molecular weight excluding hydrogens is 284 g/mol. The van der Waals surface area contributed by atoms with Crippen LogP contribution in [0, 0.1) is 0 Å². The third kappa shape index (κ3) is 3.09. The molecule has 0 aliphatic carbocycles. The highest BCUT2D eigenvalue weighted by Crippen LogP contribution is 2.26. The molecule has 1 aromatic carbocycles. The van der Waals surface area contributed by atoms with Gasteiger partial charge in [-0.3, -0.25) is 0 Å². The van der Waals surface area contributed by atoms with Crippen molar-refractivity contribution in [2.45, 2.75) is 23.1 Å². The summed E-state index contributed by atoms with van der Waals surface area (Å²) in [6, 6.07) is 13.6. The molecule has 3 aromatic rings. The van der Waals surface area contributed by atoms with Gasteiger partial charge in [0, 0.05) is 12.2 Å². The quantitative estimate of drug-likeness (QED) is 0.795. The minimum Gasteiger partial charge on any atom is -0.324 e. The van der Waals surface area contributed by atoms with Gasteiger partial charge in [-0.05, 0) is 58.9 Å². The van der Waals surface area contributed by atoms with Gasteiger partial charge in [0.1, 0.15) is 5.03 Å². The van der Waals surface area contributed by atoms with Crippen LogP contribution in [0.1, 0.15) is 18.5 Å². The molecule has 1 atom stereocenters. The van der Waals surface area contributed by atoms with Crippen LogP contribution in [0.15, 0.2) is 58.8 Å². The highest BCUT2D eigenvalue weighted by Gasteiger charge is 2.11. The second kappa shape index (κ2) is 6.02. The van der Waals surface area contributed by atoms with Crippen molar-refractivity contribution in [2.24, 2.45) is 5.73 Å². The second-order valence-corrected chi connectivity index (χ2v) is 5.51. The SMILES string of the molecule is C[C@@H](N)c1ccnc(Sc2nnnn2-c2ccccc2)c1. The minimum atomic E-state index is -0.0301. The maximum atomic E-state index is 5.89. The van der Waals surface area contributed by atoms with Crippen LogP contribution in [0.5, 0.6) is 0 Å². The van der Waals surface area contributed by atoms with Crippen molar-refractivity contribution in [2.75, 3.05) is 0 Å². The number of tetrazole rings is 1. The number of hydrogen-bond donors (Lipinski definition) is 1. The molecule has 0 fully saturated rings. The summed E-state index contributed by atoms with van der Waals surface area (Å²) in [6.45, 7) is 1.94. The standard InChI is InChI=1S/C14H14N6S/c1-10(15)11-7-8-16-13(9-11)21-14-17-18-19-20(14)12-5-3-2-4-6-12/h2-10H,15H2,1H3/t10-/m1/s1. The van der Waals surface area contributed by atoms with Gasteiger partial charge in [-0.15, -0.1) is 5.10 Å². The summed E-state index contributed by atoms with van der Waals surface area (Å²) in [5.74, 6) is 0. The van der Waals surface area contributed by atoms with E-state index in [1.165, 1.54) is 11.8 Å². The number of pyridine rings is 1. The molecule has 6 nitrogen and oxygen atoms in total. The normalized spacial score (nSPS) is 12.3. The molecule has 0 radical (unpaired) electrons. The van der Waals surface area contributed by atoms with Gasteiger partial charge >= 0.3 is 0 Å². The molecule has 2 heterocycles. The van der Waals surface area contributed by atoms with E-state index in [2.05, 4.69) is 20.5 Å². The smallest absolute Gasteiger partial charge is 0.220 e. The zero-order valence-electron chi connectivity index (χ0n) is 11.4. The van der Waals surface area contributed by atoms with E-state index in [0.717, 1.165) is 16.3 Å². The third-order valence-corrected chi connectivity index (χ3v) is 3.79. The zero-order chi connectivity index (χ0) is 14.7. The van der Waals surface area contributed by atoms with Gasteiger partial charge in [-0.1, -0.05) is 18.2 Å². The summed E-state index contributed by atoms with van der Waals surface area (Å²) in [4.78, 5) is 4.33. The lowest BCUT2D eigenvalue weighted by atomic mass is 10.1. The van der Waals surface area contributed by atoms with E-state index in [1.807, 2.05) is 49.4 Å². The number of benzene rings is 1. The van der Waals surface area contributed by atoms with Crippen molar-refractivity contribution < 1.29 is 0 Å². The van der Waals surface area contributed by atoms with Crippen LogP contribution < -0.4 is 5.73 Å². The lowest BCUT2D eigenvalue weighted by Gasteiger charge is -2.07. The maximum absolute atomic E-state index is 5.89. The Morgan fingerprint density at radius 1 is 1.19 bits per heavy atom. The van der Waals surface area contributed by atoms with Gasteiger partial charge < -0.3 is 5.73 Å². The molecule has 7 heteroatoms. The summed E-state index contributed by atoms with van der Waals surface area (Å²) < 4.78 is 1.69. The maximum Gasteiger partial charge on any atom is 0.220 e. The van der Waals surface area contributed by atoms with Crippen LogP contribution in [-0.4, -0.2) is 25.2 Å². The fourth-order valence-electron chi connectivity index (χ4n) is 1.83. The molecule has 0 bridgehead atoms. The van der Waals surface area contributed by atoms with Crippen molar-refractivity contribution >= 4 is 11.8 Å². The first-order valence-corrected chi connectivity index (χ1v) is 7.29. The molecule has 0 aliphatic rings. The van der Waals surface area contributed by atoms with Crippen LogP contribution >= 0.6 is 11.8 Å². The largest absolute Gasteiger partial charge is 0.324 e. The summed E-state index contributed by atoms with van der Waals surface area (Å²) in [5, 5.41) is 13.3. The highest BCUT2D eigenvalue weighted by molar-refractivity contribution is 7.99. The van der Waals surface area contributed by atoms with Gasteiger partial charge in [0.2, 0.25) is 5.16 Å². The molecule has 0 amide bonds. The lowest BCUT2D eigenvalue weighted by Crippen LogP contribution is -2.05. The zero-order valence-corrected chi connectivity index (χ0v) is 12.2. The number of para-hydroxylation sites is 1. The van der Waals surface area contributed by atoms with E-state index < -0.39 is 0 Å². The van der Waals surface area contributed by atoms with Crippen LogP contribution in [0.2, 0.25) is 0 Å². The van der Waals surface area contributed by atoms with Crippen molar-refractivity contribution in [1.29, 1.82) is 0 Å². The minimum absolute atomic E-state index is 0.0301. The molecular formula is C14H14N6S. The molecule has 0 saturated carbocycles. The van der Waals surface area contributed by atoms with Gasteiger partial charge in [0.25, 0.3) is 0 Å². The Kier molecular flexibility index (Phi) is 3.94. The van der Waals surface area contributed by atoms with Crippen LogP contribution in [0.4, 0.5) is 0 Å². The number of rotatable bonds is 4. The predicted molar refractivity (Wildman–Crippen MR) is 80.1 cm³/mol.